The van der Waals surface area contributed by atoms with Crippen LogP contribution in [0.1, 0.15) is 85.5 Å². The van der Waals surface area contributed by atoms with Crippen molar-refractivity contribution in [1.29, 1.82) is 0 Å². The third-order valence-corrected chi connectivity index (χ3v) is 3.11. The van der Waals surface area contributed by atoms with Gasteiger partial charge in [-0.05, 0) is 39.7 Å². The fourth-order valence-electron chi connectivity index (χ4n) is 1.75. The molecule has 0 amide bonds. The first-order valence-electron chi connectivity index (χ1n) is 7.84. The van der Waals surface area contributed by atoms with E-state index in [1.807, 2.05) is 26.8 Å². The van der Waals surface area contributed by atoms with E-state index in [0.717, 1.165) is 6.42 Å². The molecule has 0 aliphatic carbocycles. The maximum atomic E-state index is 11.5. The lowest BCUT2D eigenvalue weighted by Gasteiger charge is -2.13. The second kappa shape index (κ2) is 11.1. The summed E-state index contributed by atoms with van der Waals surface area (Å²) in [6, 6.07) is 0. The predicted molar refractivity (Wildman–Crippen MR) is 81.9 cm³/mol. The van der Waals surface area contributed by atoms with Crippen LogP contribution in [0.4, 0.5) is 0 Å². The number of esters is 1. The predicted octanol–water partition coefficient (Wildman–Crippen LogP) is 5.62. The smallest absolute Gasteiger partial charge is 0.316 e. The Labute approximate surface area is 119 Å². The van der Waals surface area contributed by atoms with E-state index in [1.54, 1.807) is 6.26 Å². The van der Waals surface area contributed by atoms with Crippen molar-refractivity contribution in [3.8, 4) is 0 Å². The number of hydrogen-bond donors (Lipinski definition) is 0. The molecule has 2 heteroatoms. The van der Waals surface area contributed by atoms with Gasteiger partial charge in [0.15, 0.2) is 0 Å². The molecule has 0 fully saturated rings. The molecule has 0 aromatic heterocycles. The highest BCUT2D eigenvalue weighted by molar-refractivity contribution is 5.75. The Hall–Kier alpha value is -0.790. The van der Waals surface area contributed by atoms with E-state index in [4.69, 9.17) is 4.74 Å². The monoisotopic (exact) mass is 268 g/mol. The van der Waals surface area contributed by atoms with Crippen LogP contribution in [-0.4, -0.2) is 5.97 Å². The Bertz CT molecular complexity index is 248. The van der Waals surface area contributed by atoms with Crippen molar-refractivity contribution in [2.24, 2.45) is 5.41 Å². The van der Waals surface area contributed by atoms with E-state index in [1.165, 1.54) is 51.4 Å². The van der Waals surface area contributed by atoms with Gasteiger partial charge < -0.3 is 4.74 Å². The molecule has 0 heterocycles. The minimum absolute atomic E-state index is 0.167. The van der Waals surface area contributed by atoms with E-state index in [-0.39, 0.29) is 5.97 Å². The molecule has 0 N–H and O–H groups in total. The highest BCUT2D eigenvalue weighted by atomic mass is 16.5. The summed E-state index contributed by atoms with van der Waals surface area (Å²) < 4.78 is 5.06. The Morgan fingerprint density at radius 2 is 1.47 bits per heavy atom. The highest BCUT2D eigenvalue weighted by Crippen LogP contribution is 2.15. The minimum atomic E-state index is -0.414. The lowest BCUT2D eigenvalue weighted by atomic mass is 9.97. The highest BCUT2D eigenvalue weighted by Gasteiger charge is 2.21. The van der Waals surface area contributed by atoms with Gasteiger partial charge in [-0.3, -0.25) is 4.79 Å². The summed E-state index contributed by atoms with van der Waals surface area (Å²) in [5.74, 6) is -0.167. The zero-order valence-corrected chi connectivity index (χ0v) is 13.3. The second-order valence-corrected chi connectivity index (χ2v) is 6.29. The van der Waals surface area contributed by atoms with Crippen LogP contribution in [0.5, 0.6) is 0 Å². The van der Waals surface area contributed by atoms with Gasteiger partial charge in [-0.1, -0.05) is 51.9 Å². The van der Waals surface area contributed by atoms with Gasteiger partial charge in [0.2, 0.25) is 0 Å². The quantitative estimate of drug-likeness (QED) is 0.292. The average Bonchev–Trinajstić information content (AvgIpc) is 2.34. The SMILES string of the molecule is CCCCCCCCCCC=COC(=O)C(C)(C)C. The second-order valence-electron chi connectivity index (χ2n) is 6.29. The molecule has 0 radical (unpaired) electrons. The number of rotatable bonds is 10. The molecule has 2 nitrogen and oxygen atoms in total. The molecule has 0 atom stereocenters. The molecule has 0 saturated carbocycles. The summed E-state index contributed by atoms with van der Waals surface area (Å²) in [4.78, 5) is 11.5. The Balaban J connectivity index is 3.33. The van der Waals surface area contributed by atoms with Crippen molar-refractivity contribution >= 4 is 5.97 Å². The summed E-state index contributed by atoms with van der Waals surface area (Å²) in [6.45, 7) is 7.84. The van der Waals surface area contributed by atoms with Gasteiger partial charge in [0, 0.05) is 0 Å². The van der Waals surface area contributed by atoms with Crippen molar-refractivity contribution in [1.82, 2.24) is 0 Å². The fraction of sp³-hybridized carbons (Fsp3) is 0.824. The summed E-state index contributed by atoms with van der Waals surface area (Å²) in [5, 5.41) is 0. The van der Waals surface area contributed by atoms with Crippen LogP contribution in [0.3, 0.4) is 0 Å². The molecule has 0 unspecified atom stereocenters. The first kappa shape index (κ1) is 18.2. The number of ether oxygens (including phenoxy) is 1. The Morgan fingerprint density at radius 1 is 0.947 bits per heavy atom. The standard InChI is InChI=1S/C17H32O2/c1-5-6-7-8-9-10-11-12-13-14-15-19-16(18)17(2,3)4/h14-15H,5-13H2,1-4H3. The maximum Gasteiger partial charge on any atom is 0.316 e. The molecular formula is C17H32O2. The van der Waals surface area contributed by atoms with Gasteiger partial charge in [-0.15, -0.1) is 0 Å². The van der Waals surface area contributed by atoms with Crippen LogP contribution < -0.4 is 0 Å². The van der Waals surface area contributed by atoms with E-state index in [2.05, 4.69) is 6.92 Å². The van der Waals surface area contributed by atoms with Crippen LogP contribution in [0.25, 0.3) is 0 Å². The molecular weight excluding hydrogens is 236 g/mol. The van der Waals surface area contributed by atoms with Crippen molar-refractivity contribution in [3.05, 3.63) is 12.3 Å². The van der Waals surface area contributed by atoms with Crippen LogP contribution >= 0.6 is 0 Å². The van der Waals surface area contributed by atoms with E-state index in [0.29, 0.717) is 0 Å². The largest absolute Gasteiger partial charge is 0.434 e. The van der Waals surface area contributed by atoms with E-state index >= 15 is 0 Å². The first-order valence-corrected chi connectivity index (χ1v) is 7.84. The molecule has 0 aromatic rings. The summed E-state index contributed by atoms with van der Waals surface area (Å²) >= 11 is 0. The van der Waals surface area contributed by atoms with Crippen LogP contribution in [0.15, 0.2) is 12.3 Å². The minimum Gasteiger partial charge on any atom is -0.434 e. The number of allylic oxidation sites excluding steroid dienone is 1. The van der Waals surface area contributed by atoms with Crippen molar-refractivity contribution in [2.45, 2.75) is 85.5 Å². The number of unbranched alkanes of at least 4 members (excludes halogenated alkanes) is 8. The normalized spacial score (nSPS) is 12.0. The van der Waals surface area contributed by atoms with Crippen LogP contribution in [0.2, 0.25) is 0 Å². The molecule has 0 aromatic carbocycles. The van der Waals surface area contributed by atoms with Crippen LogP contribution in [-0.2, 0) is 9.53 Å². The zero-order valence-electron chi connectivity index (χ0n) is 13.3. The topological polar surface area (TPSA) is 26.3 Å². The fourth-order valence-corrected chi connectivity index (χ4v) is 1.75. The maximum absolute atomic E-state index is 11.5. The summed E-state index contributed by atoms with van der Waals surface area (Å²) in [6.07, 6.45) is 15.1. The van der Waals surface area contributed by atoms with E-state index in [9.17, 15) is 4.79 Å². The van der Waals surface area contributed by atoms with Gasteiger partial charge in [-0.25, -0.2) is 0 Å². The Kier molecular flexibility index (Phi) is 10.6. The summed E-state index contributed by atoms with van der Waals surface area (Å²) in [5.41, 5.74) is -0.414. The van der Waals surface area contributed by atoms with Crippen molar-refractivity contribution < 1.29 is 9.53 Å². The molecule has 0 aliphatic rings. The molecule has 0 aliphatic heterocycles. The molecule has 0 saturated heterocycles. The van der Waals surface area contributed by atoms with Crippen molar-refractivity contribution in [3.63, 3.8) is 0 Å². The lowest BCUT2D eigenvalue weighted by molar-refractivity contribution is -0.146. The van der Waals surface area contributed by atoms with E-state index < -0.39 is 5.41 Å². The first-order chi connectivity index (χ1) is 8.98. The average molecular weight is 268 g/mol. The van der Waals surface area contributed by atoms with Gasteiger partial charge in [0.25, 0.3) is 0 Å². The van der Waals surface area contributed by atoms with Gasteiger partial charge in [0.1, 0.15) is 0 Å². The lowest BCUT2D eigenvalue weighted by Crippen LogP contribution is -2.20. The number of hydrogen-bond acceptors (Lipinski definition) is 2. The molecule has 0 rings (SSSR count). The molecule has 0 bridgehead atoms. The summed E-state index contributed by atoms with van der Waals surface area (Å²) in [7, 11) is 0. The molecule has 112 valence electrons. The number of carbonyl (C=O) groups excluding carboxylic acids is 1. The number of carbonyl (C=O) groups is 1. The zero-order chi connectivity index (χ0) is 14.6. The van der Waals surface area contributed by atoms with Gasteiger partial charge >= 0.3 is 5.97 Å². The third-order valence-electron chi connectivity index (χ3n) is 3.11. The molecule has 0 spiro atoms. The third kappa shape index (κ3) is 12.0. The van der Waals surface area contributed by atoms with Crippen molar-refractivity contribution in [2.75, 3.05) is 0 Å². The van der Waals surface area contributed by atoms with Gasteiger partial charge in [0.05, 0.1) is 11.7 Å². The Morgan fingerprint density at radius 3 is 2.00 bits per heavy atom. The van der Waals surface area contributed by atoms with Gasteiger partial charge in [-0.2, -0.15) is 0 Å². The molecule has 19 heavy (non-hydrogen) atoms. The van der Waals surface area contributed by atoms with Crippen LogP contribution in [0, 0.1) is 5.41 Å².